The highest BCUT2D eigenvalue weighted by molar-refractivity contribution is 5.45. The van der Waals surface area contributed by atoms with Crippen molar-refractivity contribution in [1.82, 2.24) is 9.97 Å². The Balaban J connectivity index is 2.16. The molecular weight excluding hydrogens is 212 g/mol. The SMILES string of the molecule is Cc1cnc(C)c(N2CCCC2CCCN)n1. The van der Waals surface area contributed by atoms with Gasteiger partial charge in [-0.15, -0.1) is 0 Å². The summed E-state index contributed by atoms with van der Waals surface area (Å²) < 4.78 is 0. The Morgan fingerprint density at radius 3 is 3.06 bits per heavy atom. The molecule has 4 nitrogen and oxygen atoms in total. The summed E-state index contributed by atoms with van der Waals surface area (Å²) in [6.07, 6.45) is 6.62. The van der Waals surface area contributed by atoms with Crippen molar-refractivity contribution < 1.29 is 0 Å². The molecule has 0 amide bonds. The van der Waals surface area contributed by atoms with Crippen LogP contribution in [0.4, 0.5) is 5.82 Å². The maximum Gasteiger partial charge on any atom is 0.150 e. The normalized spacial score (nSPS) is 19.9. The van der Waals surface area contributed by atoms with Crippen LogP contribution in [-0.2, 0) is 0 Å². The molecule has 1 aromatic rings. The minimum Gasteiger partial charge on any atom is -0.352 e. The Morgan fingerprint density at radius 2 is 2.29 bits per heavy atom. The molecule has 0 saturated carbocycles. The van der Waals surface area contributed by atoms with Gasteiger partial charge in [0.05, 0.1) is 11.4 Å². The van der Waals surface area contributed by atoms with Gasteiger partial charge in [0.1, 0.15) is 0 Å². The van der Waals surface area contributed by atoms with Crippen molar-refractivity contribution in [2.75, 3.05) is 18.0 Å². The second kappa shape index (κ2) is 5.45. The summed E-state index contributed by atoms with van der Waals surface area (Å²) in [6.45, 7) is 5.93. The number of hydrogen-bond donors (Lipinski definition) is 1. The van der Waals surface area contributed by atoms with E-state index in [2.05, 4.69) is 14.9 Å². The molecule has 0 spiro atoms. The molecule has 2 heterocycles. The smallest absolute Gasteiger partial charge is 0.150 e. The van der Waals surface area contributed by atoms with Crippen LogP contribution in [0.15, 0.2) is 6.20 Å². The van der Waals surface area contributed by atoms with Crippen molar-refractivity contribution in [3.05, 3.63) is 17.6 Å². The molecule has 2 rings (SSSR count). The minimum atomic E-state index is 0.605. The molecule has 1 aromatic heterocycles. The van der Waals surface area contributed by atoms with Crippen molar-refractivity contribution in [1.29, 1.82) is 0 Å². The molecule has 0 aliphatic carbocycles. The van der Waals surface area contributed by atoms with Gasteiger partial charge in [-0.1, -0.05) is 0 Å². The van der Waals surface area contributed by atoms with Crippen LogP contribution in [0.1, 0.15) is 37.1 Å². The highest BCUT2D eigenvalue weighted by Gasteiger charge is 2.26. The summed E-state index contributed by atoms with van der Waals surface area (Å²) in [5, 5.41) is 0. The third kappa shape index (κ3) is 2.75. The van der Waals surface area contributed by atoms with Gasteiger partial charge in [0.2, 0.25) is 0 Å². The summed E-state index contributed by atoms with van der Waals surface area (Å²) in [6, 6.07) is 0.605. The van der Waals surface area contributed by atoms with Gasteiger partial charge in [-0.2, -0.15) is 0 Å². The van der Waals surface area contributed by atoms with E-state index in [1.807, 2.05) is 20.0 Å². The first-order valence-electron chi connectivity index (χ1n) is 6.49. The fourth-order valence-corrected chi connectivity index (χ4v) is 2.56. The highest BCUT2D eigenvalue weighted by Crippen LogP contribution is 2.28. The lowest BCUT2D eigenvalue weighted by Gasteiger charge is -2.26. The molecule has 2 N–H and O–H groups in total. The average Bonchev–Trinajstić information content (AvgIpc) is 2.77. The Kier molecular flexibility index (Phi) is 3.94. The standard InChI is InChI=1S/C13H22N4/c1-10-9-15-11(2)13(16-10)17-8-4-6-12(17)5-3-7-14/h9,12H,3-8,14H2,1-2H3. The Morgan fingerprint density at radius 1 is 1.47 bits per heavy atom. The lowest BCUT2D eigenvalue weighted by Crippen LogP contribution is -2.31. The van der Waals surface area contributed by atoms with Crippen LogP contribution in [0.5, 0.6) is 0 Å². The van der Waals surface area contributed by atoms with E-state index in [0.29, 0.717) is 6.04 Å². The van der Waals surface area contributed by atoms with Crippen LogP contribution in [0.25, 0.3) is 0 Å². The molecular formula is C13H22N4. The van der Waals surface area contributed by atoms with Crippen LogP contribution in [0.3, 0.4) is 0 Å². The van der Waals surface area contributed by atoms with Crippen molar-refractivity contribution in [2.24, 2.45) is 5.73 Å². The van der Waals surface area contributed by atoms with Gasteiger partial charge in [0.25, 0.3) is 0 Å². The van der Waals surface area contributed by atoms with Crippen LogP contribution in [-0.4, -0.2) is 29.1 Å². The molecule has 0 radical (unpaired) electrons. The maximum absolute atomic E-state index is 5.60. The lowest BCUT2D eigenvalue weighted by atomic mass is 10.1. The van der Waals surface area contributed by atoms with Crippen molar-refractivity contribution in [3.8, 4) is 0 Å². The van der Waals surface area contributed by atoms with E-state index in [1.165, 1.54) is 19.3 Å². The van der Waals surface area contributed by atoms with Gasteiger partial charge >= 0.3 is 0 Å². The first-order chi connectivity index (χ1) is 8.22. The van der Waals surface area contributed by atoms with Gasteiger partial charge < -0.3 is 10.6 Å². The second-order valence-electron chi connectivity index (χ2n) is 4.84. The van der Waals surface area contributed by atoms with Crippen LogP contribution >= 0.6 is 0 Å². The number of aryl methyl sites for hydroxylation is 2. The van der Waals surface area contributed by atoms with Crippen molar-refractivity contribution >= 4 is 5.82 Å². The zero-order valence-electron chi connectivity index (χ0n) is 10.8. The number of anilines is 1. The fraction of sp³-hybridized carbons (Fsp3) is 0.692. The quantitative estimate of drug-likeness (QED) is 0.863. The van der Waals surface area contributed by atoms with Gasteiger partial charge in [-0.25, -0.2) is 4.98 Å². The summed E-state index contributed by atoms with van der Waals surface area (Å²) >= 11 is 0. The number of nitrogens with zero attached hydrogens (tertiary/aromatic N) is 3. The van der Waals surface area contributed by atoms with Crippen LogP contribution in [0, 0.1) is 13.8 Å². The molecule has 1 fully saturated rings. The average molecular weight is 234 g/mol. The zero-order chi connectivity index (χ0) is 12.3. The number of nitrogens with two attached hydrogens (primary N) is 1. The minimum absolute atomic E-state index is 0.605. The molecule has 1 aliphatic rings. The van der Waals surface area contributed by atoms with E-state index in [0.717, 1.165) is 36.7 Å². The Hall–Kier alpha value is -1.16. The van der Waals surface area contributed by atoms with Crippen LogP contribution < -0.4 is 10.6 Å². The molecule has 1 aliphatic heterocycles. The third-order valence-electron chi connectivity index (χ3n) is 3.44. The molecule has 0 bridgehead atoms. The predicted molar refractivity (Wildman–Crippen MR) is 70.2 cm³/mol. The third-order valence-corrected chi connectivity index (χ3v) is 3.44. The van der Waals surface area contributed by atoms with Gasteiger partial charge in [0, 0.05) is 18.8 Å². The summed E-state index contributed by atoms with van der Waals surface area (Å²) in [5.74, 6) is 1.07. The molecule has 1 atom stereocenters. The van der Waals surface area contributed by atoms with E-state index in [1.54, 1.807) is 0 Å². The first-order valence-corrected chi connectivity index (χ1v) is 6.49. The van der Waals surface area contributed by atoms with E-state index in [-0.39, 0.29) is 0 Å². The molecule has 0 aromatic carbocycles. The predicted octanol–water partition coefficient (Wildman–Crippen LogP) is 1.80. The van der Waals surface area contributed by atoms with E-state index in [4.69, 9.17) is 5.73 Å². The summed E-state index contributed by atoms with van der Waals surface area (Å²) in [7, 11) is 0. The molecule has 1 saturated heterocycles. The number of hydrogen-bond acceptors (Lipinski definition) is 4. The zero-order valence-corrected chi connectivity index (χ0v) is 10.8. The number of rotatable bonds is 4. The van der Waals surface area contributed by atoms with Crippen molar-refractivity contribution in [2.45, 2.75) is 45.6 Å². The molecule has 4 heteroatoms. The fourth-order valence-electron chi connectivity index (χ4n) is 2.56. The Bertz CT molecular complexity index is 378. The lowest BCUT2D eigenvalue weighted by molar-refractivity contribution is 0.580. The molecule has 1 unspecified atom stereocenters. The van der Waals surface area contributed by atoms with E-state index in [9.17, 15) is 0 Å². The topological polar surface area (TPSA) is 55.0 Å². The van der Waals surface area contributed by atoms with Gasteiger partial charge in [-0.3, -0.25) is 4.98 Å². The Labute approximate surface area is 103 Å². The molecule has 17 heavy (non-hydrogen) atoms. The van der Waals surface area contributed by atoms with Gasteiger partial charge in [0.15, 0.2) is 5.82 Å². The largest absolute Gasteiger partial charge is 0.352 e. The number of aromatic nitrogens is 2. The second-order valence-corrected chi connectivity index (χ2v) is 4.84. The van der Waals surface area contributed by atoms with Crippen LogP contribution in [0.2, 0.25) is 0 Å². The first kappa shape index (κ1) is 12.3. The maximum atomic E-state index is 5.60. The summed E-state index contributed by atoms with van der Waals surface area (Å²) in [4.78, 5) is 11.5. The highest BCUT2D eigenvalue weighted by atomic mass is 15.2. The van der Waals surface area contributed by atoms with E-state index >= 15 is 0 Å². The summed E-state index contributed by atoms with van der Waals surface area (Å²) in [5.41, 5.74) is 7.63. The van der Waals surface area contributed by atoms with E-state index < -0.39 is 0 Å². The van der Waals surface area contributed by atoms with Gasteiger partial charge in [-0.05, 0) is 46.1 Å². The molecule has 94 valence electrons. The van der Waals surface area contributed by atoms with Crippen molar-refractivity contribution in [3.63, 3.8) is 0 Å². The monoisotopic (exact) mass is 234 g/mol.